The zero-order valence-corrected chi connectivity index (χ0v) is 7.51. The summed E-state index contributed by atoms with van der Waals surface area (Å²) >= 11 is 0. The van der Waals surface area contributed by atoms with E-state index in [9.17, 15) is 0 Å². The van der Waals surface area contributed by atoms with Crippen molar-refractivity contribution >= 4 is 6.08 Å². The number of azide groups is 1. The Morgan fingerprint density at radius 2 is 2.08 bits per heavy atom. The topological polar surface area (TPSA) is 48.8 Å². The van der Waals surface area contributed by atoms with Gasteiger partial charge in [0.25, 0.3) is 0 Å². The van der Waals surface area contributed by atoms with Gasteiger partial charge in [-0.1, -0.05) is 47.1 Å². The molecule has 0 bridgehead atoms. The Kier molecular flexibility index (Phi) is 3.61. The third kappa shape index (κ3) is 3.45. The third-order valence-corrected chi connectivity index (χ3v) is 1.64. The van der Waals surface area contributed by atoms with Gasteiger partial charge >= 0.3 is 0 Å². The summed E-state index contributed by atoms with van der Waals surface area (Å²) in [7, 11) is 0. The van der Waals surface area contributed by atoms with Crippen LogP contribution in [0.4, 0.5) is 0 Å². The Balaban J connectivity index is 2.58. The van der Waals surface area contributed by atoms with Crippen LogP contribution in [0.1, 0.15) is 11.1 Å². The van der Waals surface area contributed by atoms with E-state index in [-0.39, 0.29) is 0 Å². The number of nitrogens with zero attached hydrogens (tertiary/aromatic N) is 3. The van der Waals surface area contributed by atoms with E-state index in [1.165, 1.54) is 5.56 Å². The minimum atomic E-state index is 0.407. The molecule has 0 aliphatic heterocycles. The molecule has 0 aromatic heterocycles. The molecule has 66 valence electrons. The molecule has 0 unspecified atom stereocenters. The van der Waals surface area contributed by atoms with Crippen molar-refractivity contribution in [1.82, 2.24) is 0 Å². The largest absolute Gasteiger partial charge is 0.0899 e. The van der Waals surface area contributed by atoms with Crippen LogP contribution in [0.3, 0.4) is 0 Å². The second-order valence-electron chi connectivity index (χ2n) is 2.73. The molecule has 0 fully saturated rings. The molecular formula is C10H11N3. The van der Waals surface area contributed by atoms with Crippen LogP contribution in [0.25, 0.3) is 16.5 Å². The van der Waals surface area contributed by atoms with Gasteiger partial charge in [-0.15, -0.1) is 0 Å². The van der Waals surface area contributed by atoms with E-state index < -0.39 is 0 Å². The standard InChI is InChI=1S/C10H11N3/c1-9-4-6-10(7-5-9)3-2-8-12-13-11/h2-7H,8H2,1H3/b3-2+. The second-order valence-corrected chi connectivity index (χ2v) is 2.73. The van der Waals surface area contributed by atoms with Gasteiger partial charge in [-0.2, -0.15) is 0 Å². The highest BCUT2D eigenvalue weighted by Gasteiger charge is 1.84. The Morgan fingerprint density at radius 3 is 2.69 bits per heavy atom. The normalized spacial score (nSPS) is 9.92. The van der Waals surface area contributed by atoms with Crippen molar-refractivity contribution in [3.63, 3.8) is 0 Å². The van der Waals surface area contributed by atoms with Crippen LogP contribution in [0.5, 0.6) is 0 Å². The summed E-state index contributed by atoms with van der Waals surface area (Å²) in [5.41, 5.74) is 10.4. The van der Waals surface area contributed by atoms with Crippen molar-refractivity contribution < 1.29 is 0 Å². The maximum absolute atomic E-state index is 8.02. The molecule has 0 spiro atoms. The molecule has 3 heteroatoms. The lowest BCUT2D eigenvalue weighted by Gasteiger charge is -1.93. The van der Waals surface area contributed by atoms with Crippen LogP contribution < -0.4 is 0 Å². The van der Waals surface area contributed by atoms with Crippen molar-refractivity contribution in [2.45, 2.75) is 6.92 Å². The minimum Gasteiger partial charge on any atom is -0.0899 e. The molecule has 0 amide bonds. The first kappa shape index (κ1) is 9.36. The SMILES string of the molecule is Cc1ccc(/C=C/CN=[N+]=[N-])cc1. The van der Waals surface area contributed by atoms with E-state index in [1.807, 2.05) is 43.3 Å². The summed E-state index contributed by atoms with van der Waals surface area (Å²) < 4.78 is 0. The van der Waals surface area contributed by atoms with Gasteiger partial charge in [0.1, 0.15) is 0 Å². The molecule has 1 aromatic carbocycles. The van der Waals surface area contributed by atoms with Crippen LogP contribution in [-0.2, 0) is 0 Å². The molecule has 0 saturated heterocycles. The van der Waals surface area contributed by atoms with Crippen molar-refractivity contribution in [2.75, 3.05) is 6.54 Å². The highest BCUT2D eigenvalue weighted by Crippen LogP contribution is 2.04. The molecule has 0 saturated carbocycles. The average molecular weight is 173 g/mol. The summed E-state index contributed by atoms with van der Waals surface area (Å²) in [4.78, 5) is 2.65. The van der Waals surface area contributed by atoms with E-state index in [2.05, 4.69) is 10.0 Å². The number of hydrogen-bond acceptors (Lipinski definition) is 1. The molecule has 1 aromatic rings. The number of aryl methyl sites for hydroxylation is 1. The van der Waals surface area contributed by atoms with Crippen molar-refractivity contribution in [3.8, 4) is 0 Å². The van der Waals surface area contributed by atoms with Gasteiger partial charge in [0.2, 0.25) is 0 Å². The Labute approximate surface area is 77.3 Å². The van der Waals surface area contributed by atoms with Gasteiger partial charge in [-0.25, -0.2) is 0 Å². The monoisotopic (exact) mass is 173 g/mol. The summed E-state index contributed by atoms with van der Waals surface area (Å²) in [5.74, 6) is 0. The zero-order valence-electron chi connectivity index (χ0n) is 7.51. The Morgan fingerprint density at radius 1 is 1.38 bits per heavy atom. The van der Waals surface area contributed by atoms with Gasteiger partial charge in [-0.05, 0) is 18.0 Å². The smallest absolute Gasteiger partial charge is 0.0443 e. The number of benzene rings is 1. The van der Waals surface area contributed by atoms with Crippen molar-refractivity contribution in [1.29, 1.82) is 0 Å². The lowest BCUT2D eigenvalue weighted by atomic mass is 10.1. The average Bonchev–Trinajstić information content (AvgIpc) is 2.15. The van der Waals surface area contributed by atoms with Crippen LogP contribution in [-0.4, -0.2) is 6.54 Å². The van der Waals surface area contributed by atoms with Gasteiger partial charge in [0, 0.05) is 11.5 Å². The fraction of sp³-hybridized carbons (Fsp3) is 0.200. The van der Waals surface area contributed by atoms with E-state index in [0.29, 0.717) is 6.54 Å². The first-order valence-electron chi connectivity index (χ1n) is 4.07. The highest BCUT2D eigenvalue weighted by atomic mass is 15.1. The zero-order chi connectivity index (χ0) is 9.52. The summed E-state index contributed by atoms with van der Waals surface area (Å²) in [5, 5.41) is 3.40. The summed E-state index contributed by atoms with van der Waals surface area (Å²) in [6, 6.07) is 8.16. The lowest BCUT2D eigenvalue weighted by molar-refractivity contribution is 1.22. The van der Waals surface area contributed by atoms with E-state index in [1.54, 1.807) is 0 Å². The molecule has 0 aliphatic carbocycles. The van der Waals surface area contributed by atoms with Gasteiger partial charge in [-0.3, -0.25) is 0 Å². The molecule has 3 nitrogen and oxygen atoms in total. The Hall–Kier alpha value is -1.73. The fourth-order valence-electron chi connectivity index (χ4n) is 0.950. The second kappa shape index (κ2) is 5.01. The molecule has 0 atom stereocenters. The summed E-state index contributed by atoms with van der Waals surface area (Å²) in [6.07, 6.45) is 3.78. The van der Waals surface area contributed by atoms with Crippen LogP contribution >= 0.6 is 0 Å². The van der Waals surface area contributed by atoms with Crippen molar-refractivity contribution in [3.05, 3.63) is 51.9 Å². The number of rotatable bonds is 3. The minimum absolute atomic E-state index is 0.407. The van der Waals surface area contributed by atoms with Crippen LogP contribution in [0.2, 0.25) is 0 Å². The predicted octanol–water partition coefficient (Wildman–Crippen LogP) is 3.32. The first-order chi connectivity index (χ1) is 6.33. The quantitative estimate of drug-likeness (QED) is 0.382. The van der Waals surface area contributed by atoms with Gasteiger partial charge in [0.15, 0.2) is 0 Å². The highest BCUT2D eigenvalue weighted by molar-refractivity contribution is 5.49. The van der Waals surface area contributed by atoms with E-state index >= 15 is 0 Å². The number of hydrogen-bond donors (Lipinski definition) is 0. The molecule has 0 radical (unpaired) electrons. The maximum Gasteiger partial charge on any atom is 0.0443 e. The van der Waals surface area contributed by atoms with Crippen LogP contribution in [0, 0.1) is 6.92 Å². The third-order valence-electron chi connectivity index (χ3n) is 1.64. The van der Waals surface area contributed by atoms with Crippen molar-refractivity contribution in [2.24, 2.45) is 5.11 Å². The molecule has 1 rings (SSSR count). The Bertz CT molecular complexity index is 332. The first-order valence-corrected chi connectivity index (χ1v) is 4.07. The van der Waals surface area contributed by atoms with E-state index in [4.69, 9.17) is 5.53 Å². The molecular weight excluding hydrogens is 162 g/mol. The van der Waals surface area contributed by atoms with E-state index in [0.717, 1.165) is 5.56 Å². The molecule has 0 heterocycles. The predicted molar refractivity (Wildman–Crippen MR) is 54.2 cm³/mol. The summed E-state index contributed by atoms with van der Waals surface area (Å²) in [6.45, 7) is 2.46. The van der Waals surface area contributed by atoms with Gasteiger partial charge in [0.05, 0.1) is 0 Å². The van der Waals surface area contributed by atoms with Gasteiger partial charge < -0.3 is 0 Å². The lowest BCUT2D eigenvalue weighted by Crippen LogP contribution is -1.74. The van der Waals surface area contributed by atoms with Crippen LogP contribution in [0.15, 0.2) is 35.5 Å². The maximum atomic E-state index is 8.02. The molecule has 0 aliphatic rings. The molecule has 13 heavy (non-hydrogen) atoms. The molecule has 0 N–H and O–H groups in total. The fourth-order valence-corrected chi connectivity index (χ4v) is 0.950.